The Morgan fingerprint density at radius 2 is 1.88 bits per heavy atom. The summed E-state index contributed by atoms with van der Waals surface area (Å²) in [6, 6.07) is 7.74. The number of rotatable bonds is 4. The van der Waals surface area contributed by atoms with E-state index in [9.17, 15) is 4.79 Å². The first-order valence-electron chi connectivity index (χ1n) is 8.54. The Labute approximate surface area is 142 Å². The molecule has 2 aromatic rings. The number of nitrogens with zero attached hydrogens (tertiary/aromatic N) is 2. The monoisotopic (exact) mass is 328 g/mol. The third-order valence-corrected chi connectivity index (χ3v) is 4.05. The van der Waals surface area contributed by atoms with Gasteiger partial charge in [-0.05, 0) is 45.7 Å². The highest BCUT2D eigenvalue weighted by Crippen LogP contribution is 2.34. The minimum atomic E-state index is -0.525. The predicted molar refractivity (Wildman–Crippen MR) is 92.1 cm³/mol. The molecule has 1 saturated carbocycles. The van der Waals surface area contributed by atoms with Crippen LogP contribution >= 0.6 is 0 Å². The van der Waals surface area contributed by atoms with E-state index in [-0.39, 0.29) is 6.61 Å². The van der Waals surface area contributed by atoms with E-state index in [0.717, 1.165) is 29.6 Å². The first-order valence-corrected chi connectivity index (χ1v) is 8.54. The SMILES string of the molecule is CC(C)(C)OC(=O)COc1nc(C2CCCC2)nc2ccccc12. The van der Waals surface area contributed by atoms with E-state index in [0.29, 0.717) is 11.8 Å². The molecule has 0 saturated heterocycles. The van der Waals surface area contributed by atoms with Gasteiger partial charge in [0.05, 0.1) is 10.9 Å². The quantitative estimate of drug-likeness (QED) is 0.794. The summed E-state index contributed by atoms with van der Waals surface area (Å²) in [7, 11) is 0. The van der Waals surface area contributed by atoms with Gasteiger partial charge < -0.3 is 9.47 Å². The van der Waals surface area contributed by atoms with Crippen molar-refractivity contribution in [2.75, 3.05) is 6.61 Å². The molecule has 0 amide bonds. The van der Waals surface area contributed by atoms with Crippen molar-refractivity contribution in [1.29, 1.82) is 0 Å². The average molecular weight is 328 g/mol. The summed E-state index contributed by atoms with van der Waals surface area (Å²) in [4.78, 5) is 21.2. The normalized spacial score (nSPS) is 15.6. The molecule has 3 rings (SSSR count). The fraction of sp³-hybridized carbons (Fsp3) is 0.526. The highest BCUT2D eigenvalue weighted by molar-refractivity contribution is 5.83. The van der Waals surface area contributed by atoms with E-state index in [2.05, 4.69) is 4.98 Å². The molecule has 5 nitrogen and oxygen atoms in total. The van der Waals surface area contributed by atoms with Gasteiger partial charge in [-0.15, -0.1) is 0 Å². The van der Waals surface area contributed by atoms with Crippen LogP contribution in [0.15, 0.2) is 24.3 Å². The summed E-state index contributed by atoms with van der Waals surface area (Å²) in [5, 5.41) is 0.822. The van der Waals surface area contributed by atoms with Crippen LogP contribution in [0.25, 0.3) is 10.9 Å². The minimum Gasteiger partial charge on any atom is -0.465 e. The third-order valence-electron chi connectivity index (χ3n) is 4.05. The Kier molecular flexibility index (Phi) is 4.69. The lowest BCUT2D eigenvalue weighted by Gasteiger charge is -2.19. The molecule has 0 aliphatic heterocycles. The number of fused-ring (bicyclic) bond motifs is 1. The van der Waals surface area contributed by atoms with E-state index in [1.807, 2.05) is 45.0 Å². The first-order chi connectivity index (χ1) is 11.4. The summed E-state index contributed by atoms with van der Waals surface area (Å²) in [5.74, 6) is 1.28. The zero-order chi connectivity index (χ0) is 17.2. The molecule has 0 unspecified atom stereocenters. The van der Waals surface area contributed by atoms with Crippen molar-refractivity contribution >= 4 is 16.9 Å². The zero-order valence-corrected chi connectivity index (χ0v) is 14.5. The molecule has 128 valence electrons. The van der Waals surface area contributed by atoms with Crippen LogP contribution < -0.4 is 4.74 Å². The lowest BCUT2D eigenvalue weighted by atomic mass is 10.1. The number of ether oxygens (including phenoxy) is 2. The van der Waals surface area contributed by atoms with E-state index >= 15 is 0 Å². The topological polar surface area (TPSA) is 61.3 Å². The Balaban J connectivity index is 1.84. The maximum absolute atomic E-state index is 11.9. The van der Waals surface area contributed by atoms with Gasteiger partial charge in [-0.3, -0.25) is 0 Å². The van der Waals surface area contributed by atoms with Crippen LogP contribution in [0.3, 0.4) is 0 Å². The molecule has 0 radical (unpaired) electrons. The van der Waals surface area contributed by atoms with Crippen LogP contribution in [0, 0.1) is 0 Å². The third kappa shape index (κ3) is 4.02. The predicted octanol–water partition coefficient (Wildman–Crippen LogP) is 4.01. The van der Waals surface area contributed by atoms with Gasteiger partial charge in [0.1, 0.15) is 11.4 Å². The molecule has 5 heteroatoms. The van der Waals surface area contributed by atoms with Crippen LogP contribution in [0.1, 0.15) is 58.2 Å². The molecule has 0 N–H and O–H groups in total. The molecule has 1 aromatic heterocycles. The first kappa shape index (κ1) is 16.7. The summed E-state index contributed by atoms with van der Waals surface area (Å²) in [5.41, 5.74) is 0.331. The van der Waals surface area contributed by atoms with Gasteiger partial charge in [0.25, 0.3) is 0 Å². The Morgan fingerprint density at radius 1 is 1.17 bits per heavy atom. The van der Waals surface area contributed by atoms with Gasteiger partial charge in [-0.25, -0.2) is 9.78 Å². The number of benzene rings is 1. The fourth-order valence-corrected chi connectivity index (χ4v) is 3.04. The number of carbonyl (C=O) groups is 1. The van der Waals surface area contributed by atoms with E-state index in [4.69, 9.17) is 14.5 Å². The molecule has 1 aliphatic rings. The smallest absolute Gasteiger partial charge is 0.344 e. The molecule has 1 fully saturated rings. The van der Waals surface area contributed by atoms with Crippen LogP contribution in [0.5, 0.6) is 5.88 Å². The van der Waals surface area contributed by atoms with Gasteiger partial charge in [0.2, 0.25) is 5.88 Å². The van der Waals surface area contributed by atoms with Gasteiger partial charge in [-0.1, -0.05) is 25.0 Å². The minimum absolute atomic E-state index is 0.150. The van der Waals surface area contributed by atoms with Crippen molar-refractivity contribution in [3.63, 3.8) is 0 Å². The lowest BCUT2D eigenvalue weighted by molar-refractivity contribution is -0.157. The van der Waals surface area contributed by atoms with Gasteiger partial charge in [0, 0.05) is 5.92 Å². The second-order valence-electron chi connectivity index (χ2n) is 7.26. The van der Waals surface area contributed by atoms with Crippen molar-refractivity contribution in [3.8, 4) is 5.88 Å². The van der Waals surface area contributed by atoms with Gasteiger partial charge in [-0.2, -0.15) is 4.98 Å². The zero-order valence-electron chi connectivity index (χ0n) is 14.5. The maximum Gasteiger partial charge on any atom is 0.344 e. The Hall–Kier alpha value is -2.17. The largest absolute Gasteiger partial charge is 0.465 e. The number of hydrogen-bond donors (Lipinski definition) is 0. The number of aromatic nitrogens is 2. The molecule has 1 heterocycles. The molecule has 1 aliphatic carbocycles. The highest BCUT2D eigenvalue weighted by atomic mass is 16.6. The van der Waals surface area contributed by atoms with Gasteiger partial charge in [0.15, 0.2) is 6.61 Å². The summed E-state index contributed by atoms with van der Waals surface area (Å²) >= 11 is 0. The number of hydrogen-bond acceptors (Lipinski definition) is 5. The molecule has 0 atom stereocenters. The van der Waals surface area contributed by atoms with Crippen molar-refractivity contribution in [2.45, 2.75) is 58.0 Å². The number of carbonyl (C=O) groups excluding carboxylic acids is 1. The second-order valence-corrected chi connectivity index (χ2v) is 7.26. The van der Waals surface area contributed by atoms with Crippen LogP contribution in [-0.4, -0.2) is 28.1 Å². The number of para-hydroxylation sites is 1. The molecule has 24 heavy (non-hydrogen) atoms. The van der Waals surface area contributed by atoms with Crippen LogP contribution in [0.2, 0.25) is 0 Å². The lowest BCUT2D eigenvalue weighted by Crippen LogP contribution is -2.27. The van der Waals surface area contributed by atoms with Gasteiger partial charge >= 0.3 is 5.97 Å². The van der Waals surface area contributed by atoms with Crippen molar-refractivity contribution in [3.05, 3.63) is 30.1 Å². The van der Waals surface area contributed by atoms with E-state index in [1.54, 1.807) is 0 Å². The van der Waals surface area contributed by atoms with Crippen molar-refractivity contribution < 1.29 is 14.3 Å². The summed E-state index contributed by atoms with van der Waals surface area (Å²) in [6.07, 6.45) is 4.66. The fourth-order valence-electron chi connectivity index (χ4n) is 3.04. The Bertz CT molecular complexity index is 731. The molecule has 1 aromatic carbocycles. The van der Waals surface area contributed by atoms with Crippen molar-refractivity contribution in [1.82, 2.24) is 9.97 Å². The highest BCUT2D eigenvalue weighted by Gasteiger charge is 2.22. The van der Waals surface area contributed by atoms with Crippen LogP contribution in [-0.2, 0) is 9.53 Å². The van der Waals surface area contributed by atoms with Crippen molar-refractivity contribution in [2.24, 2.45) is 0 Å². The summed E-state index contributed by atoms with van der Waals surface area (Å²) in [6.45, 7) is 5.36. The van der Waals surface area contributed by atoms with Crippen LogP contribution in [0.4, 0.5) is 0 Å². The second kappa shape index (κ2) is 6.75. The number of esters is 1. The van der Waals surface area contributed by atoms with E-state index in [1.165, 1.54) is 12.8 Å². The van der Waals surface area contributed by atoms with E-state index < -0.39 is 11.6 Å². The summed E-state index contributed by atoms with van der Waals surface area (Å²) < 4.78 is 11.0. The molecule has 0 bridgehead atoms. The molecule has 0 spiro atoms. The average Bonchev–Trinajstić information content (AvgIpc) is 3.05. The maximum atomic E-state index is 11.9. The standard InChI is InChI=1S/C19H24N2O3/c1-19(2,3)24-16(22)12-23-18-14-10-6-7-11-15(14)20-17(21-18)13-8-4-5-9-13/h6-7,10-11,13H,4-5,8-9,12H2,1-3H3. The Morgan fingerprint density at radius 3 is 2.58 bits per heavy atom. The molecular weight excluding hydrogens is 304 g/mol. The molecular formula is C19H24N2O3.